The molecule has 2 aliphatic rings. The number of fused-ring (bicyclic) bond motifs is 1. The van der Waals surface area contributed by atoms with E-state index in [0.717, 1.165) is 9.80 Å². The van der Waals surface area contributed by atoms with Gasteiger partial charge in [0, 0.05) is 12.1 Å². The molecule has 4 N–H and O–H groups in total. The molecule has 0 spiro atoms. The van der Waals surface area contributed by atoms with Gasteiger partial charge in [-0.2, -0.15) is 0 Å². The normalized spacial score (nSPS) is 20.4. The van der Waals surface area contributed by atoms with E-state index in [1.165, 1.54) is 25.1 Å². The second-order valence-corrected chi connectivity index (χ2v) is 6.68. The second-order valence-electron chi connectivity index (χ2n) is 6.68. The summed E-state index contributed by atoms with van der Waals surface area (Å²) >= 11 is 0. The summed E-state index contributed by atoms with van der Waals surface area (Å²) in [5.74, 6) is -3.03. The quantitative estimate of drug-likeness (QED) is 0.380. The van der Waals surface area contributed by atoms with Gasteiger partial charge in [-0.05, 0) is 31.5 Å². The van der Waals surface area contributed by atoms with Gasteiger partial charge >= 0.3 is 5.97 Å². The van der Waals surface area contributed by atoms with Crippen LogP contribution < -0.4 is 11.5 Å². The molecule has 0 saturated carbocycles. The Balaban J connectivity index is 1.75. The van der Waals surface area contributed by atoms with Crippen molar-refractivity contribution in [3.05, 3.63) is 29.3 Å². The minimum Gasteiger partial charge on any atom is -0.463 e. The molecule has 148 valence electrons. The van der Waals surface area contributed by atoms with Crippen LogP contribution in [0, 0.1) is 0 Å². The molecule has 1 unspecified atom stereocenters. The van der Waals surface area contributed by atoms with Crippen LogP contribution in [0.25, 0.3) is 0 Å². The molecule has 1 aromatic carbocycles. The molecule has 3 rings (SSSR count). The van der Waals surface area contributed by atoms with Crippen LogP contribution in [0.15, 0.2) is 18.2 Å². The summed E-state index contributed by atoms with van der Waals surface area (Å²) in [5.41, 5.74) is 11.7. The Labute approximate surface area is 160 Å². The van der Waals surface area contributed by atoms with Gasteiger partial charge in [-0.3, -0.25) is 33.8 Å². The number of nitrogen functional groups attached to an aromatic ring is 1. The lowest BCUT2D eigenvalue weighted by molar-refractivity contribution is -0.155. The summed E-state index contributed by atoms with van der Waals surface area (Å²) in [6, 6.07) is 2.40. The van der Waals surface area contributed by atoms with Crippen LogP contribution in [0.5, 0.6) is 0 Å². The number of ether oxygens (including phenoxy) is 1. The number of hydrogen-bond donors (Lipinski definition) is 2. The maximum absolute atomic E-state index is 12.8. The minimum atomic E-state index is -1.10. The lowest BCUT2D eigenvalue weighted by Gasteiger charge is -2.34. The first kappa shape index (κ1) is 19.5. The Hall–Kier alpha value is -3.27. The van der Waals surface area contributed by atoms with E-state index in [1.54, 1.807) is 0 Å². The number of esters is 1. The fourth-order valence-corrected chi connectivity index (χ4v) is 3.22. The van der Waals surface area contributed by atoms with Crippen molar-refractivity contribution in [2.45, 2.75) is 31.8 Å². The molecule has 4 amide bonds. The van der Waals surface area contributed by atoms with Crippen molar-refractivity contribution in [1.29, 1.82) is 0 Å². The topological polar surface area (TPSA) is 153 Å². The zero-order valence-corrected chi connectivity index (χ0v) is 15.2. The summed E-state index contributed by atoms with van der Waals surface area (Å²) in [6.07, 6.45) is 0.0158. The second kappa shape index (κ2) is 7.39. The van der Waals surface area contributed by atoms with Gasteiger partial charge in [-0.25, -0.2) is 0 Å². The molecule has 1 fully saturated rings. The smallest absolute Gasteiger partial charge is 0.322 e. The van der Waals surface area contributed by atoms with Crippen LogP contribution in [-0.2, 0) is 19.1 Å². The van der Waals surface area contributed by atoms with Crippen LogP contribution in [-0.4, -0.2) is 64.6 Å². The Kier molecular flexibility index (Phi) is 5.14. The number of piperidine rings is 1. The molecular formula is C18H20N4O6. The van der Waals surface area contributed by atoms with Crippen molar-refractivity contribution in [1.82, 2.24) is 9.80 Å². The van der Waals surface area contributed by atoms with Crippen LogP contribution in [0.3, 0.4) is 0 Å². The molecule has 0 radical (unpaired) electrons. The van der Waals surface area contributed by atoms with Crippen molar-refractivity contribution in [2.24, 2.45) is 5.73 Å². The van der Waals surface area contributed by atoms with E-state index in [4.69, 9.17) is 16.2 Å². The lowest BCUT2D eigenvalue weighted by atomic mass is 10.0. The molecular weight excluding hydrogens is 368 g/mol. The van der Waals surface area contributed by atoms with Crippen molar-refractivity contribution in [3.63, 3.8) is 0 Å². The van der Waals surface area contributed by atoms with Gasteiger partial charge in [-0.15, -0.1) is 0 Å². The number of benzene rings is 1. The van der Waals surface area contributed by atoms with Crippen LogP contribution >= 0.6 is 0 Å². The van der Waals surface area contributed by atoms with Gasteiger partial charge < -0.3 is 16.2 Å². The molecule has 0 aliphatic carbocycles. The van der Waals surface area contributed by atoms with Crippen LogP contribution in [0.1, 0.15) is 40.5 Å². The van der Waals surface area contributed by atoms with Gasteiger partial charge in [0.2, 0.25) is 5.91 Å². The maximum Gasteiger partial charge on any atom is 0.322 e. The highest BCUT2D eigenvalue weighted by Crippen LogP contribution is 2.30. The molecule has 0 aromatic heterocycles. The average Bonchev–Trinajstić information content (AvgIpc) is 2.88. The fraction of sp³-hybridized carbons (Fsp3) is 0.389. The van der Waals surface area contributed by atoms with Gasteiger partial charge in [0.1, 0.15) is 18.7 Å². The highest BCUT2D eigenvalue weighted by molar-refractivity contribution is 6.23. The molecule has 10 nitrogen and oxygen atoms in total. The van der Waals surface area contributed by atoms with Gasteiger partial charge in [-0.1, -0.05) is 0 Å². The van der Waals surface area contributed by atoms with E-state index in [0.29, 0.717) is 5.69 Å². The molecule has 1 saturated heterocycles. The Morgan fingerprint density at radius 1 is 1.21 bits per heavy atom. The number of anilines is 1. The third kappa shape index (κ3) is 3.33. The predicted molar refractivity (Wildman–Crippen MR) is 95.7 cm³/mol. The average molecular weight is 388 g/mol. The lowest BCUT2D eigenvalue weighted by Crippen LogP contribution is -2.56. The van der Waals surface area contributed by atoms with Crippen LogP contribution in [0.2, 0.25) is 0 Å². The monoisotopic (exact) mass is 388 g/mol. The van der Waals surface area contributed by atoms with Gasteiger partial charge in [0.15, 0.2) is 0 Å². The van der Waals surface area contributed by atoms with Crippen LogP contribution in [0.4, 0.5) is 5.69 Å². The molecule has 10 heteroatoms. The largest absolute Gasteiger partial charge is 0.463 e. The van der Waals surface area contributed by atoms with E-state index in [-0.39, 0.29) is 37.1 Å². The molecule has 2 heterocycles. The van der Waals surface area contributed by atoms with E-state index >= 15 is 0 Å². The number of nitrogens with zero attached hydrogens (tertiary/aromatic N) is 2. The first-order chi connectivity index (χ1) is 13.2. The number of rotatable bonds is 5. The molecule has 2 atom stereocenters. The molecule has 0 bridgehead atoms. The van der Waals surface area contributed by atoms with E-state index in [1.807, 2.05) is 0 Å². The van der Waals surface area contributed by atoms with Crippen molar-refractivity contribution >= 4 is 35.3 Å². The Bertz CT molecular complexity index is 881. The third-order valence-corrected chi connectivity index (χ3v) is 4.67. The highest BCUT2D eigenvalue weighted by Gasteiger charge is 2.46. The number of imide groups is 2. The molecule has 28 heavy (non-hydrogen) atoms. The number of amides is 4. The van der Waals surface area contributed by atoms with E-state index < -0.39 is 41.7 Å². The Morgan fingerprint density at radius 3 is 2.57 bits per heavy atom. The first-order valence-electron chi connectivity index (χ1n) is 8.76. The van der Waals surface area contributed by atoms with E-state index in [2.05, 4.69) is 0 Å². The summed E-state index contributed by atoms with van der Waals surface area (Å²) in [6.45, 7) is 1.05. The van der Waals surface area contributed by atoms with Crippen molar-refractivity contribution in [3.8, 4) is 0 Å². The minimum absolute atomic E-state index is 0.0206. The standard InChI is InChI=1S/C18H20N4O6/c1-9(19)18(27)28-7-6-21-14(23)5-4-13(17(21)26)22-15(24)11-3-2-10(20)8-12(11)16(22)25/h2-3,8-9,13H,4-7,19-20H2,1H3/t9-,13?/m0/s1. The zero-order valence-electron chi connectivity index (χ0n) is 15.2. The Morgan fingerprint density at radius 2 is 1.89 bits per heavy atom. The number of carbonyl (C=O) groups excluding carboxylic acids is 5. The maximum atomic E-state index is 12.8. The number of likely N-dealkylation sites (tertiary alicyclic amines) is 1. The summed E-state index contributed by atoms with van der Waals surface area (Å²) in [5, 5.41) is 0. The van der Waals surface area contributed by atoms with Gasteiger partial charge in [0.05, 0.1) is 17.7 Å². The van der Waals surface area contributed by atoms with Crippen molar-refractivity contribution in [2.75, 3.05) is 18.9 Å². The summed E-state index contributed by atoms with van der Waals surface area (Å²) in [7, 11) is 0. The number of nitrogens with two attached hydrogens (primary N) is 2. The first-order valence-corrected chi connectivity index (χ1v) is 8.76. The SMILES string of the molecule is C[C@H](N)C(=O)OCCN1C(=O)CCC(N2C(=O)c3ccc(N)cc3C2=O)C1=O. The molecule has 2 aliphatic heterocycles. The zero-order chi connectivity index (χ0) is 20.6. The van der Waals surface area contributed by atoms with Crippen molar-refractivity contribution < 1.29 is 28.7 Å². The summed E-state index contributed by atoms with van der Waals surface area (Å²) < 4.78 is 4.90. The third-order valence-electron chi connectivity index (χ3n) is 4.67. The van der Waals surface area contributed by atoms with Gasteiger partial charge in [0.25, 0.3) is 17.7 Å². The number of hydrogen-bond acceptors (Lipinski definition) is 8. The summed E-state index contributed by atoms with van der Waals surface area (Å²) in [4.78, 5) is 63.5. The fourth-order valence-electron chi connectivity index (χ4n) is 3.22. The highest BCUT2D eigenvalue weighted by atomic mass is 16.5. The van der Waals surface area contributed by atoms with E-state index in [9.17, 15) is 24.0 Å². The predicted octanol–water partition coefficient (Wildman–Crippen LogP) is -0.727. The molecule has 1 aromatic rings. The number of carbonyl (C=O) groups is 5.